The average molecular weight is 546 g/mol. The smallest absolute Gasteiger partial charge is 0.384 e. The van der Waals surface area contributed by atoms with E-state index in [0.29, 0.717) is 39.9 Å². The van der Waals surface area contributed by atoms with Crippen LogP contribution in [0.1, 0.15) is 41.9 Å². The van der Waals surface area contributed by atoms with Gasteiger partial charge in [0.1, 0.15) is 5.82 Å². The van der Waals surface area contributed by atoms with Gasteiger partial charge in [-0.1, -0.05) is 41.3 Å². The maximum atomic E-state index is 13.1. The van der Waals surface area contributed by atoms with Crippen molar-refractivity contribution in [1.82, 2.24) is 10.2 Å². The Bertz CT molecular complexity index is 1420. The number of anilines is 1. The zero-order valence-corrected chi connectivity index (χ0v) is 21.0. The summed E-state index contributed by atoms with van der Waals surface area (Å²) in [5, 5.41) is 22.7. The first-order chi connectivity index (χ1) is 17.3. The van der Waals surface area contributed by atoms with E-state index in [-0.39, 0.29) is 22.9 Å². The number of aromatic nitrogens is 2. The molecular formula is C24H18F3N5OS3. The predicted octanol–water partition coefficient (Wildman–Crippen LogP) is 6.22. The number of hydrogen-bond acceptors (Lipinski definition) is 9. The molecule has 3 aromatic rings. The largest absolute Gasteiger partial charge is 0.416 e. The van der Waals surface area contributed by atoms with Crippen molar-refractivity contribution in [3.63, 3.8) is 0 Å². The maximum absolute atomic E-state index is 13.1. The van der Waals surface area contributed by atoms with Crippen molar-refractivity contribution < 1.29 is 18.0 Å². The molecular weight excluding hydrogens is 527 g/mol. The summed E-state index contributed by atoms with van der Waals surface area (Å²) in [5.74, 6) is -0.0305. The second kappa shape index (κ2) is 9.72. The zero-order chi connectivity index (χ0) is 25.4. The Morgan fingerprint density at radius 2 is 2.08 bits per heavy atom. The minimum Gasteiger partial charge on any atom is -0.384 e. The maximum Gasteiger partial charge on any atom is 0.416 e. The SMILES string of the molecule is N#CC1=C(N)N(c2nnc(SCc3cccc(C(F)(F)F)c3)s2)C2=C(C(=O)CCC2)[C@@H]1c1ccsc1. The van der Waals surface area contributed by atoms with Crippen LogP contribution in [0, 0.1) is 11.3 Å². The summed E-state index contributed by atoms with van der Waals surface area (Å²) >= 11 is 3.97. The number of thioether (sulfide) groups is 1. The lowest BCUT2D eigenvalue weighted by Gasteiger charge is -2.37. The Balaban J connectivity index is 1.46. The second-order valence-electron chi connectivity index (χ2n) is 8.21. The van der Waals surface area contributed by atoms with E-state index in [2.05, 4.69) is 16.3 Å². The van der Waals surface area contributed by atoms with Crippen LogP contribution in [0.4, 0.5) is 18.3 Å². The van der Waals surface area contributed by atoms with E-state index in [1.54, 1.807) is 11.0 Å². The molecule has 0 bridgehead atoms. The van der Waals surface area contributed by atoms with Crippen LogP contribution in [0.3, 0.4) is 0 Å². The molecule has 1 aromatic carbocycles. The summed E-state index contributed by atoms with van der Waals surface area (Å²) in [6, 6.07) is 9.27. The highest BCUT2D eigenvalue weighted by Crippen LogP contribution is 2.47. The molecule has 36 heavy (non-hydrogen) atoms. The van der Waals surface area contributed by atoms with Gasteiger partial charge in [0.05, 0.1) is 23.1 Å². The highest BCUT2D eigenvalue weighted by molar-refractivity contribution is 8.00. The molecule has 6 nitrogen and oxygen atoms in total. The molecule has 2 aromatic heterocycles. The number of Topliss-reactive ketones (excluding diaryl/α,β-unsaturated/α-hetero) is 1. The molecule has 12 heteroatoms. The van der Waals surface area contributed by atoms with Gasteiger partial charge in [-0.3, -0.25) is 9.69 Å². The van der Waals surface area contributed by atoms with E-state index in [0.717, 1.165) is 23.4 Å². The van der Waals surface area contributed by atoms with Gasteiger partial charge in [0, 0.05) is 23.4 Å². The van der Waals surface area contributed by atoms with E-state index < -0.39 is 17.7 Å². The fourth-order valence-corrected chi connectivity index (χ4v) is 6.92. The van der Waals surface area contributed by atoms with E-state index in [1.165, 1.54) is 40.5 Å². The second-order valence-corrected chi connectivity index (χ2v) is 11.2. The van der Waals surface area contributed by atoms with Gasteiger partial charge >= 0.3 is 6.18 Å². The average Bonchev–Trinajstić information content (AvgIpc) is 3.54. The summed E-state index contributed by atoms with van der Waals surface area (Å²) in [6.45, 7) is 0. The third-order valence-electron chi connectivity index (χ3n) is 5.99. The molecule has 0 unspecified atom stereocenters. The molecule has 0 saturated carbocycles. The van der Waals surface area contributed by atoms with Crippen LogP contribution < -0.4 is 10.6 Å². The van der Waals surface area contributed by atoms with Gasteiger partial charge in [-0.2, -0.15) is 29.8 Å². The lowest BCUT2D eigenvalue weighted by molar-refractivity contribution is -0.137. The zero-order valence-electron chi connectivity index (χ0n) is 18.6. The minimum absolute atomic E-state index is 0.0126. The summed E-state index contributed by atoms with van der Waals surface area (Å²) in [7, 11) is 0. The number of hydrogen-bond donors (Lipinski definition) is 1. The Morgan fingerprint density at radius 1 is 1.25 bits per heavy atom. The van der Waals surface area contributed by atoms with Crippen molar-refractivity contribution in [2.45, 2.75) is 41.4 Å². The molecule has 0 radical (unpaired) electrons. The van der Waals surface area contributed by atoms with Crippen LogP contribution in [-0.4, -0.2) is 16.0 Å². The van der Waals surface area contributed by atoms with Crippen LogP contribution in [-0.2, 0) is 16.7 Å². The van der Waals surface area contributed by atoms with Crippen molar-refractivity contribution >= 4 is 45.4 Å². The fraction of sp³-hybridized carbons (Fsp3) is 0.250. The van der Waals surface area contributed by atoms with Crippen LogP contribution in [0.5, 0.6) is 0 Å². The van der Waals surface area contributed by atoms with Gasteiger partial charge in [-0.25, -0.2) is 0 Å². The van der Waals surface area contributed by atoms with E-state index in [4.69, 9.17) is 5.73 Å². The number of ketones is 1. The molecule has 1 aliphatic carbocycles. The van der Waals surface area contributed by atoms with Crippen LogP contribution in [0.15, 0.2) is 68.1 Å². The molecule has 5 rings (SSSR count). The first kappa shape index (κ1) is 24.5. The molecule has 2 aliphatic rings. The van der Waals surface area contributed by atoms with Crippen molar-refractivity contribution in [3.8, 4) is 6.07 Å². The van der Waals surface area contributed by atoms with Gasteiger partial charge < -0.3 is 5.73 Å². The van der Waals surface area contributed by atoms with Crippen molar-refractivity contribution in [3.05, 3.63) is 80.4 Å². The van der Waals surface area contributed by atoms with Crippen LogP contribution in [0.25, 0.3) is 0 Å². The molecule has 0 spiro atoms. The number of carbonyl (C=O) groups is 1. The van der Waals surface area contributed by atoms with Gasteiger partial charge in [-0.15, -0.1) is 10.2 Å². The lowest BCUT2D eigenvalue weighted by atomic mass is 9.76. The van der Waals surface area contributed by atoms with Crippen molar-refractivity contribution in [2.75, 3.05) is 4.90 Å². The topological polar surface area (TPSA) is 95.9 Å². The summed E-state index contributed by atoms with van der Waals surface area (Å²) in [5.41, 5.74) is 8.77. The molecule has 3 heterocycles. The molecule has 0 saturated heterocycles. The third kappa shape index (κ3) is 4.54. The number of nitriles is 1. The van der Waals surface area contributed by atoms with Gasteiger partial charge in [0.2, 0.25) is 5.13 Å². The van der Waals surface area contributed by atoms with Gasteiger partial charge in [0.25, 0.3) is 0 Å². The standard InChI is InChI=1S/C24H18F3N5OS3/c25-24(26,27)15-4-1-3-13(9-15)11-35-23-31-30-22(36-23)32-17-5-2-6-18(33)20(17)19(14-7-8-34-12-14)16(10-28)21(32)29/h1,3-4,7-9,12,19H,2,5-6,11,29H2/t19-/m1/s1. The first-order valence-electron chi connectivity index (χ1n) is 10.9. The van der Waals surface area contributed by atoms with Crippen molar-refractivity contribution in [1.29, 1.82) is 5.26 Å². The number of allylic oxidation sites excluding steroid dienone is 3. The number of thiophene rings is 1. The van der Waals surface area contributed by atoms with E-state index in [9.17, 15) is 23.2 Å². The quantitative estimate of drug-likeness (QED) is 0.381. The minimum atomic E-state index is -4.41. The molecule has 0 fully saturated rings. The van der Waals surface area contributed by atoms with Gasteiger partial charge in [-0.05, 0) is 46.9 Å². The number of carbonyl (C=O) groups excluding carboxylic acids is 1. The molecule has 2 N–H and O–H groups in total. The third-order valence-corrected chi connectivity index (χ3v) is 8.81. The van der Waals surface area contributed by atoms with Crippen LogP contribution in [0.2, 0.25) is 0 Å². The normalized spacial score (nSPS) is 18.4. The Hall–Kier alpha value is -3.14. The molecule has 0 amide bonds. The number of rotatable bonds is 5. The lowest BCUT2D eigenvalue weighted by Crippen LogP contribution is -2.38. The molecule has 184 valence electrons. The van der Waals surface area contributed by atoms with E-state index >= 15 is 0 Å². The number of alkyl halides is 3. The van der Waals surface area contributed by atoms with Gasteiger partial charge in [0.15, 0.2) is 10.1 Å². The van der Waals surface area contributed by atoms with E-state index in [1.807, 2.05) is 16.8 Å². The Labute approximate surface area is 216 Å². The fourth-order valence-electron chi connectivity index (χ4n) is 4.41. The van der Waals surface area contributed by atoms with Crippen molar-refractivity contribution in [2.24, 2.45) is 5.73 Å². The Morgan fingerprint density at radius 3 is 2.81 bits per heavy atom. The molecule has 1 aliphatic heterocycles. The number of halogens is 3. The number of nitrogens with two attached hydrogens (primary N) is 1. The summed E-state index contributed by atoms with van der Waals surface area (Å²) in [4.78, 5) is 14.7. The van der Waals surface area contributed by atoms with Crippen LogP contribution >= 0.6 is 34.4 Å². The first-order valence-corrected chi connectivity index (χ1v) is 13.6. The monoisotopic (exact) mass is 545 g/mol. The Kier molecular flexibility index (Phi) is 6.63. The molecule has 1 atom stereocenters. The number of benzene rings is 1. The highest BCUT2D eigenvalue weighted by Gasteiger charge is 2.41. The number of nitrogens with zero attached hydrogens (tertiary/aromatic N) is 4. The summed E-state index contributed by atoms with van der Waals surface area (Å²) in [6.07, 6.45) is -2.74. The predicted molar refractivity (Wildman–Crippen MR) is 133 cm³/mol. The highest BCUT2D eigenvalue weighted by atomic mass is 32.2. The summed E-state index contributed by atoms with van der Waals surface area (Å²) < 4.78 is 39.6.